The lowest BCUT2D eigenvalue weighted by Gasteiger charge is -2.30. The second-order valence-electron chi connectivity index (χ2n) is 12.0. The van der Waals surface area contributed by atoms with Crippen LogP contribution in [0.3, 0.4) is 0 Å². The number of methoxy groups -OCH3 is 1. The molecule has 1 aliphatic heterocycles. The Labute approximate surface area is 301 Å². The Morgan fingerprint density at radius 3 is 2.52 bits per heavy atom. The first-order chi connectivity index (χ1) is 25.1. The number of unbranched alkanes of at least 4 members (excludes halogenated alkanes) is 1. The van der Waals surface area contributed by atoms with Gasteiger partial charge in [0.05, 0.1) is 48.2 Å². The van der Waals surface area contributed by atoms with Gasteiger partial charge in [-0.15, -0.1) is 0 Å². The third-order valence-corrected chi connectivity index (χ3v) is 10.3. The number of nitrogens with zero attached hydrogens (tertiary/aromatic N) is 1. The fourth-order valence-corrected chi connectivity index (χ4v) is 7.07. The maximum absolute atomic E-state index is 13.5. The van der Waals surface area contributed by atoms with Crippen LogP contribution in [0.25, 0.3) is 11.0 Å². The molecule has 1 aliphatic rings. The molecule has 0 saturated carbocycles. The van der Waals surface area contributed by atoms with Gasteiger partial charge in [-0.05, 0) is 67.4 Å². The van der Waals surface area contributed by atoms with Crippen LogP contribution in [0.1, 0.15) is 37.2 Å². The highest BCUT2D eigenvalue weighted by Gasteiger charge is 2.31. The van der Waals surface area contributed by atoms with Gasteiger partial charge in [0.25, 0.3) is 5.91 Å². The van der Waals surface area contributed by atoms with Crippen LogP contribution >= 0.6 is 0 Å². The molecule has 5 rings (SSSR count). The number of amides is 2. The first kappa shape index (κ1) is 38.0. The molecule has 0 fully saturated rings. The van der Waals surface area contributed by atoms with Gasteiger partial charge in [0.15, 0.2) is 11.2 Å². The number of aliphatic hydroxyl groups is 1. The summed E-state index contributed by atoms with van der Waals surface area (Å²) >= 11 is 0. The molecule has 3 aromatic carbocycles. The number of benzene rings is 3. The molecule has 14 nitrogen and oxygen atoms in total. The first-order valence-corrected chi connectivity index (χ1v) is 18.2. The highest BCUT2D eigenvalue weighted by atomic mass is 32.2. The molecule has 2 amide bonds. The van der Waals surface area contributed by atoms with Gasteiger partial charge in [-0.25, -0.2) is 8.42 Å². The number of nitrogen functional groups attached to an aromatic ring is 1. The zero-order chi connectivity index (χ0) is 37.1. The molecule has 52 heavy (non-hydrogen) atoms. The largest absolute Gasteiger partial charge is 0.497 e. The van der Waals surface area contributed by atoms with Gasteiger partial charge in [0.1, 0.15) is 11.3 Å². The van der Waals surface area contributed by atoms with E-state index in [9.17, 15) is 27.9 Å². The molecule has 2 atom stereocenters. The number of carbonyl (C=O) groups is 2. The molecule has 0 aliphatic carbocycles. The van der Waals surface area contributed by atoms with Crippen LogP contribution in [0.4, 0.5) is 11.4 Å². The van der Waals surface area contributed by atoms with Gasteiger partial charge in [0, 0.05) is 44.0 Å². The third-order valence-electron chi connectivity index (χ3n) is 8.43. The Bertz CT molecular complexity index is 2050. The number of sulfonamides is 1. The van der Waals surface area contributed by atoms with Crippen molar-refractivity contribution >= 4 is 44.2 Å². The van der Waals surface area contributed by atoms with E-state index >= 15 is 0 Å². The SMILES string of the molecule is COc1ccc(S(=O)(=O)N(CCO)CCOC2CC(c3coc4ccccc4c3=O)C=C(C(=O)NCCCCC(=O)Nc3ccccc3N)O2)cc1. The molecular formula is C37H42N4O10S. The maximum atomic E-state index is 13.5. The van der Waals surface area contributed by atoms with E-state index in [-0.39, 0.29) is 61.1 Å². The summed E-state index contributed by atoms with van der Waals surface area (Å²) in [6.45, 7) is -0.639. The van der Waals surface area contributed by atoms with Gasteiger partial charge in [-0.2, -0.15) is 4.31 Å². The van der Waals surface area contributed by atoms with Crippen molar-refractivity contribution in [3.63, 3.8) is 0 Å². The van der Waals surface area contributed by atoms with Crippen molar-refractivity contribution < 1.29 is 41.7 Å². The quantitative estimate of drug-likeness (QED) is 0.0911. The minimum absolute atomic E-state index is 0.0159. The maximum Gasteiger partial charge on any atom is 0.286 e. The van der Waals surface area contributed by atoms with Crippen molar-refractivity contribution in [1.29, 1.82) is 0 Å². The first-order valence-electron chi connectivity index (χ1n) is 16.8. The van der Waals surface area contributed by atoms with Crippen LogP contribution in [0.5, 0.6) is 5.75 Å². The van der Waals surface area contributed by atoms with Gasteiger partial charge >= 0.3 is 0 Å². The second kappa shape index (κ2) is 17.8. The van der Waals surface area contributed by atoms with Crippen LogP contribution < -0.4 is 26.5 Å². The van der Waals surface area contributed by atoms with Gasteiger partial charge in [0.2, 0.25) is 22.2 Å². The summed E-state index contributed by atoms with van der Waals surface area (Å²) < 4.78 is 50.6. The standard InChI is InChI=1S/C37H42N4O10S/c1-48-26-13-15-27(16-14-26)52(46,47)41(18-20-42)19-21-49-35-23-25(29-24-50-32-11-5-2-8-28(32)36(29)44)22-33(51-35)37(45)39-17-7-6-12-34(43)40-31-10-4-3-9-30(31)38/h2-5,8-11,13-16,22,24-25,35,42H,6-7,12,17-21,23,38H2,1H3,(H,39,45)(H,40,43). The molecule has 1 aromatic heterocycles. The molecule has 5 N–H and O–H groups in total. The van der Waals surface area contributed by atoms with Crippen LogP contribution in [-0.2, 0) is 29.1 Å². The molecule has 2 unspecified atom stereocenters. The number of ether oxygens (including phenoxy) is 3. The van der Waals surface area contributed by atoms with Gasteiger partial charge in [-0.3, -0.25) is 14.4 Å². The van der Waals surface area contributed by atoms with Crippen molar-refractivity contribution in [2.24, 2.45) is 0 Å². The van der Waals surface area contributed by atoms with E-state index in [2.05, 4.69) is 10.6 Å². The van der Waals surface area contributed by atoms with E-state index in [1.807, 2.05) is 0 Å². The number of nitrogens with two attached hydrogens (primary N) is 1. The fraction of sp³-hybridized carbons (Fsp3) is 0.324. The minimum Gasteiger partial charge on any atom is -0.497 e. The van der Waals surface area contributed by atoms with Gasteiger partial charge < -0.3 is 40.1 Å². The summed E-state index contributed by atoms with van der Waals surface area (Å²) in [5.41, 5.74) is 7.34. The van der Waals surface area contributed by atoms with Crippen molar-refractivity contribution in [2.45, 2.75) is 42.8 Å². The Balaban J connectivity index is 1.24. The van der Waals surface area contributed by atoms with Crippen molar-refractivity contribution in [3.8, 4) is 5.75 Å². The lowest BCUT2D eigenvalue weighted by atomic mass is 9.93. The van der Waals surface area contributed by atoms with E-state index in [4.69, 9.17) is 24.4 Å². The minimum atomic E-state index is -4.00. The molecule has 0 spiro atoms. The van der Waals surface area contributed by atoms with E-state index in [1.54, 1.807) is 54.6 Å². The van der Waals surface area contributed by atoms with E-state index in [1.165, 1.54) is 37.6 Å². The number of fused-ring (bicyclic) bond motifs is 1. The number of rotatable bonds is 17. The number of hydrogen-bond donors (Lipinski definition) is 4. The van der Waals surface area contributed by atoms with Crippen LogP contribution in [0.15, 0.2) is 105 Å². The Morgan fingerprint density at radius 1 is 1.02 bits per heavy atom. The molecular weight excluding hydrogens is 692 g/mol. The van der Waals surface area contributed by atoms with Crippen LogP contribution in [-0.4, -0.2) is 75.9 Å². The Kier molecular flexibility index (Phi) is 13.0. The lowest BCUT2D eigenvalue weighted by Crippen LogP contribution is -2.38. The van der Waals surface area contributed by atoms with E-state index in [0.29, 0.717) is 46.5 Å². The van der Waals surface area contributed by atoms with Crippen LogP contribution in [0.2, 0.25) is 0 Å². The monoisotopic (exact) mass is 734 g/mol. The average molecular weight is 735 g/mol. The van der Waals surface area contributed by atoms with Gasteiger partial charge in [-0.1, -0.05) is 24.3 Å². The zero-order valence-electron chi connectivity index (χ0n) is 28.7. The van der Waals surface area contributed by atoms with E-state index < -0.39 is 34.7 Å². The average Bonchev–Trinajstić information content (AvgIpc) is 3.15. The molecule has 4 aromatic rings. The molecule has 0 bridgehead atoms. The van der Waals surface area contributed by atoms with E-state index in [0.717, 1.165) is 4.31 Å². The summed E-state index contributed by atoms with van der Waals surface area (Å²) in [7, 11) is -2.52. The van der Waals surface area contributed by atoms with Crippen molar-refractivity contribution in [1.82, 2.24) is 9.62 Å². The summed E-state index contributed by atoms with van der Waals surface area (Å²) in [6.07, 6.45) is 3.22. The Morgan fingerprint density at radius 2 is 1.77 bits per heavy atom. The second-order valence-corrected chi connectivity index (χ2v) is 13.9. The highest BCUT2D eigenvalue weighted by Crippen LogP contribution is 2.31. The summed E-state index contributed by atoms with van der Waals surface area (Å²) in [4.78, 5) is 39.2. The number of aliphatic hydroxyl groups excluding tert-OH is 1. The molecule has 0 radical (unpaired) electrons. The number of hydrogen-bond acceptors (Lipinski definition) is 11. The molecule has 276 valence electrons. The smallest absolute Gasteiger partial charge is 0.286 e. The lowest BCUT2D eigenvalue weighted by molar-refractivity contribution is -0.146. The number of allylic oxidation sites excluding steroid dienone is 1. The fourth-order valence-electron chi connectivity index (χ4n) is 5.65. The number of para-hydroxylation sites is 3. The Hall–Kier alpha value is -5.22. The summed E-state index contributed by atoms with van der Waals surface area (Å²) in [6, 6.07) is 19.7. The highest BCUT2D eigenvalue weighted by molar-refractivity contribution is 7.89. The zero-order valence-corrected chi connectivity index (χ0v) is 29.5. The molecule has 0 saturated heterocycles. The third kappa shape index (κ3) is 9.55. The van der Waals surface area contributed by atoms with Crippen LogP contribution in [0, 0.1) is 0 Å². The number of anilines is 2. The topological polar surface area (TPSA) is 200 Å². The molecule has 2 heterocycles. The predicted molar refractivity (Wildman–Crippen MR) is 194 cm³/mol. The summed E-state index contributed by atoms with van der Waals surface area (Å²) in [5.74, 6) is -0.969. The summed E-state index contributed by atoms with van der Waals surface area (Å²) in [5, 5.41) is 15.6. The van der Waals surface area contributed by atoms with Crippen molar-refractivity contribution in [3.05, 3.63) is 107 Å². The van der Waals surface area contributed by atoms with Crippen molar-refractivity contribution in [2.75, 3.05) is 51.0 Å². The predicted octanol–water partition coefficient (Wildman–Crippen LogP) is 3.72. The number of nitrogens with one attached hydrogen (secondary N) is 2. The number of carbonyl (C=O) groups excluding carboxylic acids is 2. The normalized spacial score (nSPS) is 15.9. The molecule has 15 heteroatoms.